The Bertz CT molecular complexity index is 298. The van der Waals surface area contributed by atoms with E-state index in [9.17, 15) is 4.79 Å². The molecule has 70 valence electrons. The summed E-state index contributed by atoms with van der Waals surface area (Å²) < 4.78 is 4.75. The third-order valence-electron chi connectivity index (χ3n) is 1.42. The molecule has 1 aliphatic rings. The van der Waals surface area contributed by atoms with Crippen LogP contribution in [0.15, 0.2) is 9.98 Å². The van der Waals surface area contributed by atoms with Crippen molar-refractivity contribution in [1.29, 1.82) is 0 Å². The van der Waals surface area contributed by atoms with Crippen LogP contribution in [0.1, 0.15) is 6.92 Å². The topological polar surface area (TPSA) is 77.0 Å². The van der Waals surface area contributed by atoms with Gasteiger partial charge < -0.3 is 10.5 Å². The quantitative estimate of drug-likeness (QED) is 0.497. The molecule has 0 saturated heterocycles. The van der Waals surface area contributed by atoms with Crippen LogP contribution in [0.2, 0.25) is 0 Å². The molecule has 0 fully saturated rings. The maximum atomic E-state index is 11.2. The van der Waals surface area contributed by atoms with Gasteiger partial charge in [-0.05, 0) is 19.1 Å². The van der Waals surface area contributed by atoms with Gasteiger partial charge in [-0.3, -0.25) is 4.79 Å². The van der Waals surface area contributed by atoms with Crippen LogP contribution in [0.4, 0.5) is 0 Å². The van der Waals surface area contributed by atoms with E-state index in [1.807, 2.05) is 0 Å². The van der Waals surface area contributed by atoms with Crippen molar-refractivity contribution < 1.29 is 9.53 Å². The van der Waals surface area contributed by atoms with Crippen molar-refractivity contribution in [2.75, 3.05) is 6.61 Å². The van der Waals surface area contributed by atoms with E-state index in [0.717, 1.165) is 0 Å². The van der Waals surface area contributed by atoms with Gasteiger partial charge in [0.15, 0.2) is 0 Å². The van der Waals surface area contributed by atoms with Crippen LogP contribution in [0, 0.1) is 5.92 Å². The lowest BCUT2D eigenvalue weighted by Gasteiger charge is -2.12. The van der Waals surface area contributed by atoms with E-state index in [1.54, 1.807) is 6.92 Å². The van der Waals surface area contributed by atoms with Gasteiger partial charge in [-0.15, -0.1) is 0 Å². The van der Waals surface area contributed by atoms with Crippen molar-refractivity contribution in [3.05, 3.63) is 0 Å². The number of carbonyl (C=O) groups excluding carboxylic acids is 1. The minimum atomic E-state index is -0.688. The Hall–Kier alpha value is -1.30. The summed E-state index contributed by atoms with van der Waals surface area (Å²) in [6.07, 6.45) is 1.35. The standard InChI is InChI=1S/C7H9N3O2S/c1-2-12-6(11)4-3-9-7(13)10-5(4)8/h3-4H,2H2,1H3,(H2,8,10,13). The number of thiocarbonyl (C=S) groups is 1. The lowest BCUT2D eigenvalue weighted by molar-refractivity contribution is -0.143. The fraction of sp³-hybridized carbons (Fsp3) is 0.429. The van der Waals surface area contributed by atoms with Crippen LogP contribution >= 0.6 is 12.2 Å². The molecule has 1 rings (SSSR count). The van der Waals surface area contributed by atoms with Gasteiger partial charge in [0, 0.05) is 6.21 Å². The molecule has 0 aromatic heterocycles. The summed E-state index contributed by atoms with van der Waals surface area (Å²) in [6, 6.07) is 0. The zero-order chi connectivity index (χ0) is 9.84. The highest BCUT2D eigenvalue weighted by molar-refractivity contribution is 7.80. The van der Waals surface area contributed by atoms with Crippen LogP contribution < -0.4 is 5.73 Å². The molecule has 0 bridgehead atoms. The van der Waals surface area contributed by atoms with Gasteiger partial charge in [0.05, 0.1) is 6.61 Å². The second kappa shape index (κ2) is 4.08. The van der Waals surface area contributed by atoms with E-state index in [-0.39, 0.29) is 10.9 Å². The zero-order valence-corrected chi connectivity index (χ0v) is 7.87. The Morgan fingerprint density at radius 3 is 3.08 bits per heavy atom. The number of aliphatic imine (C=N–C) groups is 2. The molecule has 0 radical (unpaired) electrons. The van der Waals surface area contributed by atoms with Gasteiger partial charge in [-0.25, -0.2) is 9.98 Å². The van der Waals surface area contributed by atoms with E-state index < -0.39 is 11.9 Å². The highest BCUT2D eigenvalue weighted by Crippen LogP contribution is 2.04. The summed E-state index contributed by atoms with van der Waals surface area (Å²) in [5.74, 6) is -1.000. The number of rotatable bonds is 2. The predicted octanol–water partition coefficient (Wildman–Crippen LogP) is -0.108. The average Bonchev–Trinajstić information content (AvgIpc) is 2.04. The Morgan fingerprint density at radius 2 is 2.54 bits per heavy atom. The second-order valence-electron chi connectivity index (χ2n) is 2.33. The summed E-state index contributed by atoms with van der Waals surface area (Å²) in [5, 5.41) is 0.137. The predicted molar refractivity (Wildman–Crippen MR) is 52.8 cm³/mol. The fourth-order valence-electron chi connectivity index (χ4n) is 0.837. The minimum Gasteiger partial charge on any atom is -0.465 e. The van der Waals surface area contributed by atoms with Crippen molar-refractivity contribution in [2.24, 2.45) is 21.6 Å². The minimum absolute atomic E-state index is 0.137. The number of amidine groups is 1. The lowest BCUT2D eigenvalue weighted by atomic mass is 10.1. The first kappa shape index (κ1) is 9.79. The summed E-state index contributed by atoms with van der Waals surface area (Å²) in [6.45, 7) is 2.02. The number of esters is 1. The van der Waals surface area contributed by atoms with Crippen LogP contribution in [-0.2, 0) is 9.53 Å². The van der Waals surface area contributed by atoms with Crippen molar-refractivity contribution >= 4 is 35.3 Å². The van der Waals surface area contributed by atoms with Crippen LogP contribution in [0.5, 0.6) is 0 Å². The molecule has 5 nitrogen and oxygen atoms in total. The molecule has 0 saturated carbocycles. The molecule has 0 aromatic rings. The molecule has 2 N–H and O–H groups in total. The molecule has 0 aromatic carbocycles. The van der Waals surface area contributed by atoms with Crippen LogP contribution in [-0.4, -0.2) is 29.7 Å². The van der Waals surface area contributed by atoms with E-state index in [0.29, 0.717) is 6.61 Å². The maximum Gasteiger partial charge on any atom is 0.322 e. The Labute approximate surface area is 80.7 Å². The smallest absolute Gasteiger partial charge is 0.322 e. The van der Waals surface area contributed by atoms with Gasteiger partial charge in [-0.1, -0.05) is 0 Å². The van der Waals surface area contributed by atoms with E-state index in [4.69, 9.17) is 10.5 Å². The first-order chi connectivity index (χ1) is 6.15. The van der Waals surface area contributed by atoms with E-state index in [1.165, 1.54) is 6.21 Å². The molecule has 13 heavy (non-hydrogen) atoms. The number of hydrogen-bond acceptors (Lipinski definition) is 4. The molecule has 6 heteroatoms. The monoisotopic (exact) mass is 199 g/mol. The van der Waals surface area contributed by atoms with Crippen molar-refractivity contribution in [1.82, 2.24) is 0 Å². The van der Waals surface area contributed by atoms with E-state index >= 15 is 0 Å². The largest absolute Gasteiger partial charge is 0.465 e. The molecule has 0 amide bonds. The Morgan fingerprint density at radius 1 is 1.85 bits per heavy atom. The molecule has 0 aliphatic carbocycles. The Kier molecular flexibility index (Phi) is 3.07. The Balaban J connectivity index is 2.72. The summed E-state index contributed by atoms with van der Waals surface area (Å²) >= 11 is 4.67. The maximum absolute atomic E-state index is 11.2. The summed E-state index contributed by atoms with van der Waals surface area (Å²) in [7, 11) is 0. The molecule has 0 spiro atoms. The summed E-state index contributed by atoms with van der Waals surface area (Å²) in [5.41, 5.74) is 5.47. The van der Waals surface area contributed by atoms with Gasteiger partial charge >= 0.3 is 5.97 Å². The molecule has 1 heterocycles. The van der Waals surface area contributed by atoms with Gasteiger partial charge in [0.1, 0.15) is 11.8 Å². The summed E-state index contributed by atoms with van der Waals surface area (Å²) in [4.78, 5) is 18.6. The van der Waals surface area contributed by atoms with Crippen molar-refractivity contribution in [2.45, 2.75) is 6.92 Å². The molecular weight excluding hydrogens is 190 g/mol. The first-order valence-corrected chi connectivity index (χ1v) is 4.14. The third-order valence-corrected chi connectivity index (χ3v) is 1.61. The van der Waals surface area contributed by atoms with Crippen LogP contribution in [0.25, 0.3) is 0 Å². The lowest BCUT2D eigenvalue weighted by Crippen LogP contribution is -2.35. The second-order valence-corrected chi connectivity index (χ2v) is 2.69. The number of carbonyl (C=O) groups is 1. The number of nitrogens with zero attached hydrogens (tertiary/aromatic N) is 2. The number of hydrogen-bond donors (Lipinski definition) is 1. The molecule has 1 atom stereocenters. The van der Waals surface area contributed by atoms with Gasteiger partial charge in [0.25, 0.3) is 0 Å². The number of ether oxygens (including phenoxy) is 1. The number of nitrogens with two attached hydrogens (primary N) is 1. The normalized spacial score (nSPS) is 21.2. The first-order valence-electron chi connectivity index (χ1n) is 3.74. The van der Waals surface area contributed by atoms with Crippen molar-refractivity contribution in [3.63, 3.8) is 0 Å². The molecule has 1 unspecified atom stereocenters. The van der Waals surface area contributed by atoms with Crippen LogP contribution in [0.3, 0.4) is 0 Å². The zero-order valence-electron chi connectivity index (χ0n) is 7.06. The third kappa shape index (κ3) is 2.32. The highest BCUT2D eigenvalue weighted by atomic mass is 32.1. The van der Waals surface area contributed by atoms with E-state index in [2.05, 4.69) is 22.2 Å². The van der Waals surface area contributed by atoms with Gasteiger partial charge in [0.2, 0.25) is 5.11 Å². The van der Waals surface area contributed by atoms with Crippen molar-refractivity contribution in [3.8, 4) is 0 Å². The fourth-order valence-corrected chi connectivity index (χ4v) is 1.00. The molecular formula is C7H9N3O2S. The highest BCUT2D eigenvalue weighted by Gasteiger charge is 2.24. The average molecular weight is 199 g/mol. The van der Waals surface area contributed by atoms with Gasteiger partial charge in [-0.2, -0.15) is 0 Å². The molecule has 1 aliphatic heterocycles. The SMILES string of the molecule is CCOC(=O)C1C=NC(=S)N=C1N.